The maximum absolute atomic E-state index is 12.9. The topological polar surface area (TPSA) is 69.8 Å². The number of nitrogens with one attached hydrogen (secondary N) is 3. The van der Waals surface area contributed by atoms with Gasteiger partial charge in [-0.25, -0.2) is 4.98 Å². The SMILES string of the molecule is Cc1ccc(-c2cnc([C@@H](NC(=O)C(C)(C)NCCC(F)(F)F)C(C)(C)C)[nH]2)cc1. The number of carbonyl (C=O) groups excluding carboxylic acids is 1. The van der Waals surface area contributed by atoms with Gasteiger partial charge in [0, 0.05) is 6.54 Å². The number of hydrogen-bond acceptors (Lipinski definition) is 3. The number of carbonyl (C=O) groups is 1. The van der Waals surface area contributed by atoms with E-state index in [1.807, 2.05) is 52.0 Å². The van der Waals surface area contributed by atoms with Crippen LogP contribution in [0.3, 0.4) is 0 Å². The summed E-state index contributed by atoms with van der Waals surface area (Å²) in [5.74, 6) is 0.204. The Labute approximate surface area is 175 Å². The Morgan fingerprint density at radius 2 is 1.70 bits per heavy atom. The molecule has 0 saturated carbocycles. The first-order valence-electron chi connectivity index (χ1n) is 9.94. The summed E-state index contributed by atoms with van der Waals surface area (Å²) >= 11 is 0. The molecule has 0 fully saturated rings. The Morgan fingerprint density at radius 3 is 2.23 bits per heavy atom. The van der Waals surface area contributed by atoms with Crippen molar-refractivity contribution in [3.8, 4) is 11.3 Å². The van der Waals surface area contributed by atoms with Gasteiger partial charge < -0.3 is 15.6 Å². The summed E-state index contributed by atoms with van der Waals surface area (Å²) in [5.41, 5.74) is 1.42. The van der Waals surface area contributed by atoms with E-state index >= 15 is 0 Å². The van der Waals surface area contributed by atoms with Crippen LogP contribution in [0.15, 0.2) is 30.5 Å². The first-order valence-corrected chi connectivity index (χ1v) is 9.94. The molecule has 0 radical (unpaired) electrons. The number of aryl methyl sites for hydroxylation is 1. The van der Waals surface area contributed by atoms with Gasteiger partial charge >= 0.3 is 6.18 Å². The Balaban J connectivity index is 2.17. The Bertz CT molecular complexity index is 849. The largest absolute Gasteiger partial charge is 0.390 e. The Morgan fingerprint density at radius 1 is 1.10 bits per heavy atom. The van der Waals surface area contributed by atoms with Crippen LogP contribution in [0.25, 0.3) is 11.3 Å². The maximum Gasteiger partial charge on any atom is 0.390 e. The van der Waals surface area contributed by atoms with Gasteiger partial charge in [-0.15, -0.1) is 0 Å². The van der Waals surface area contributed by atoms with E-state index in [-0.39, 0.29) is 12.0 Å². The fourth-order valence-corrected chi connectivity index (χ4v) is 2.97. The predicted octanol–water partition coefficient (Wildman–Crippen LogP) is 4.91. The van der Waals surface area contributed by atoms with Crippen LogP contribution in [0, 0.1) is 12.3 Å². The molecule has 2 rings (SSSR count). The van der Waals surface area contributed by atoms with E-state index < -0.39 is 30.1 Å². The zero-order valence-corrected chi connectivity index (χ0v) is 18.4. The minimum Gasteiger partial charge on any atom is -0.344 e. The number of aromatic nitrogens is 2. The molecule has 3 N–H and O–H groups in total. The van der Waals surface area contributed by atoms with Crippen LogP contribution >= 0.6 is 0 Å². The second kappa shape index (κ2) is 8.79. The fourth-order valence-electron chi connectivity index (χ4n) is 2.97. The highest BCUT2D eigenvalue weighted by Crippen LogP contribution is 2.33. The predicted molar refractivity (Wildman–Crippen MR) is 112 cm³/mol. The van der Waals surface area contributed by atoms with E-state index in [9.17, 15) is 18.0 Å². The lowest BCUT2D eigenvalue weighted by molar-refractivity contribution is -0.137. The molecule has 8 heteroatoms. The van der Waals surface area contributed by atoms with Crippen molar-refractivity contribution in [3.63, 3.8) is 0 Å². The van der Waals surface area contributed by atoms with Crippen LogP contribution in [-0.2, 0) is 4.79 Å². The van der Waals surface area contributed by atoms with Crippen LogP contribution in [0.4, 0.5) is 13.2 Å². The molecule has 1 aromatic carbocycles. The molecule has 166 valence electrons. The van der Waals surface area contributed by atoms with Crippen molar-refractivity contribution in [3.05, 3.63) is 41.9 Å². The summed E-state index contributed by atoms with van der Waals surface area (Å²) < 4.78 is 37.3. The van der Waals surface area contributed by atoms with Crippen molar-refractivity contribution in [1.29, 1.82) is 0 Å². The van der Waals surface area contributed by atoms with Gasteiger partial charge in [0.1, 0.15) is 5.82 Å². The highest BCUT2D eigenvalue weighted by atomic mass is 19.4. The van der Waals surface area contributed by atoms with E-state index in [0.29, 0.717) is 5.82 Å². The second-order valence-electron chi connectivity index (χ2n) is 9.24. The van der Waals surface area contributed by atoms with Crippen molar-refractivity contribution >= 4 is 5.91 Å². The number of benzene rings is 1. The third-order valence-electron chi connectivity index (χ3n) is 4.92. The molecule has 0 bridgehead atoms. The molecule has 1 aromatic heterocycles. The van der Waals surface area contributed by atoms with Crippen molar-refractivity contribution < 1.29 is 18.0 Å². The molecule has 1 atom stereocenters. The lowest BCUT2D eigenvalue weighted by Gasteiger charge is -2.34. The summed E-state index contributed by atoms with van der Waals surface area (Å²) in [6, 6.07) is 7.55. The van der Waals surface area contributed by atoms with Gasteiger partial charge in [0.05, 0.1) is 29.9 Å². The summed E-state index contributed by atoms with van der Waals surface area (Å²) in [5, 5.41) is 5.66. The molecular formula is C22H31F3N4O. The van der Waals surface area contributed by atoms with Gasteiger partial charge in [-0.2, -0.15) is 13.2 Å². The minimum atomic E-state index is -4.27. The molecule has 1 amide bonds. The monoisotopic (exact) mass is 424 g/mol. The number of rotatable bonds is 7. The summed E-state index contributed by atoms with van der Waals surface area (Å²) in [6.45, 7) is 10.7. The highest BCUT2D eigenvalue weighted by Gasteiger charge is 2.36. The smallest absolute Gasteiger partial charge is 0.344 e. The number of hydrogen-bond donors (Lipinski definition) is 3. The van der Waals surface area contributed by atoms with Gasteiger partial charge in [0.15, 0.2) is 0 Å². The van der Waals surface area contributed by atoms with Crippen molar-refractivity contribution in [2.45, 2.75) is 65.7 Å². The molecule has 30 heavy (non-hydrogen) atoms. The number of H-pyrrole nitrogens is 1. The molecule has 0 aliphatic rings. The van der Waals surface area contributed by atoms with E-state index in [1.54, 1.807) is 20.0 Å². The third-order valence-corrected chi connectivity index (χ3v) is 4.92. The lowest BCUT2D eigenvalue weighted by atomic mass is 9.85. The van der Waals surface area contributed by atoms with Crippen molar-refractivity contribution in [2.24, 2.45) is 5.41 Å². The number of halogens is 3. The van der Waals surface area contributed by atoms with Crippen LogP contribution in [-0.4, -0.2) is 34.1 Å². The molecular weight excluding hydrogens is 393 g/mol. The molecule has 2 aromatic rings. The van der Waals surface area contributed by atoms with Gasteiger partial charge in [0.25, 0.3) is 0 Å². The Kier molecular flexibility index (Phi) is 7.01. The fraction of sp³-hybridized carbons (Fsp3) is 0.545. The molecule has 0 saturated heterocycles. The molecule has 0 spiro atoms. The normalized spacial score (nSPS) is 13.9. The van der Waals surface area contributed by atoms with Crippen LogP contribution in [0.1, 0.15) is 58.5 Å². The van der Waals surface area contributed by atoms with Crippen LogP contribution < -0.4 is 10.6 Å². The number of nitrogens with zero attached hydrogens (tertiary/aromatic N) is 1. The lowest BCUT2D eigenvalue weighted by Crippen LogP contribution is -2.55. The number of amides is 1. The van der Waals surface area contributed by atoms with Gasteiger partial charge in [0.2, 0.25) is 5.91 Å². The molecule has 0 unspecified atom stereocenters. The van der Waals surface area contributed by atoms with Gasteiger partial charge in [-0.3, -0.25) is 4.79 Å². The summed E-state index contributed by atoms with van der Waals surface area (Å²) in [7, 11) is 0. The zero-order valence-electron chi connectivity index (χ0n) is 18.4. The standard InChI is InChI=1S/C22H31F3N4O/c1-14-7-9-15(10-8-14)16-13-26-18(28-16)17(20(2,3)4)29-19(30)21(5,6)27-12-11-22(23,24)25/h7-10,13,17,27H,11-12H2,1-6H3,(H,26,28)(H,29,30)/t17-/m1/s1. The van der Waals surface area contributed by atoms with Crippen LogP contribution in [0.5, 0.6) is 0 Å². The number of imidazole rings is 1. The van der Waals surface area contributed by atoms with E-state index in [2.05, 4.69) is 20.6 Å². The average molecular weight is 425 g/mol. The second-order valence-corrected chi connectivity index (χ2v) is 9.24. The van der Waals surface area contributed by atoms with Crippen LogP contribution in [0.2, 0.25) is 0 Å². The zero-order chi connectivity index (χ0) is 22.7. The molecule has 5 nitrogen and oxygen atoms in total. The number of alkyl halides is 3. The first kappa shape index (κ1) is 23.9. The number of aromatic amines is 1. The highest BCUT2D eigenvalue weighted by molar-refractivity contribution is 5.85. The van der Waals surface area contributed by atoms with Crippen molar-refractivity contribution in [1.82, 2.24) is 20.6 Å². The van der Waals surface area contributed by atoms with Gasteiger partial charge in [-0.1, -0.05) is 50.6 Å². The van der Waals surface area contributed by atoms with E-state index in [4.69, 9.17) is 0 Å². The van der Waals surface area contributed by atoms with Gasteiger partial charge in [-0.05, 0) is 31.7 Å². The summed E-state index contributed by atoms with van der Waals surface area (Å²) in [4.78, 5) is 20.6. The molecule has 0 aliphatic heterocycles. The third kappa shape index (κ3) is 6.58. The maximum atomic E-state index is 12.9. The summed E-state index contributed by atoms with van der Waals surface area (Å²) in [6.07, 6.45) is -3.55. The minimum absolute atomic E-state index is 0.331. The quantitative estimate of drug-likeness (QED) is 0.592. The van der Waals surface area contributed by atoms with E-state index in [0.717, 1.165) is 16.8 Å². The Hall–Kier alpha value is -2.35. The average Bonchev–Trinajstić information content (AvgIpc) is 3.07. The first-order chi connectivity index (χ1) is 13.7. The molecule has 0 aliphatic carbocycles. The van der Waals surface area contributed by atoms with Crippen molar-refractivity contribution in [2.75, 3.05) is 6.54 Å². The molecule has 1 heterocycles. The van der Waals surface area contributed by atoms with E-state index in [1.165, 1.54) is 0 Å².